The highest BCUT2D eigenvalue weighted by molar-refractivity contribution is 5.97. The summed E-state index contributed by atoms with van der Waals surface area (Å²) < 4.78 is 7.50. The minimum atomic E-state index is 0.0288. The summed E-state index contributed by atoms with van der Waals surface area (Å²) in [5, 5.41) is 0. The van der Waals surface area contributed by atoms with E-state index >= 15 is 0 Å². The van der Waals surface area contributed by atoms with Crippen molar-refractivity contribution in [2.75, 3.05) is 0 Å². The van der Waals surface area contributed by atoms with Crippen LogP contribution in [0.3, 0.4) is 0 Å². The number of ether oxygens (including phenoxy) is 1. The van der Waals surface area contributed by atoms with Crippen molar-refractivity contribution in [2.45, 2.75) is 27.2 Å². The highest BCUT2D eigenvalue weighted by atomic mass is 16.5. The van der Waals surface area contributed by atoms with Gasteiger partial charge in [0.2, 0.25) is 0 Å². The minimum Gasteiger partial charge on any atom is -0.356 e. The van der Waals surface area contributed by atoms with Crippen LogP contribution in [-0.4, -0.2) is 10.4 Å². The average Bonchev–Trinajstić information content (AvgIpc) is 2.88. The first-order valence-electron chi connectivity index (χ1n) is 6.48. The second kappa shape index (κ2) is 6.34. The SMILES string of the molecule is CC(C)C(=O)c1ccn(COCc2ccccc2)c1. The molecule has 1 aromatic heterocycles. The molecule has 0 atom stereocenters. The van der Waals surface area contributed by atoms with Gasteiger partial charge in [0.05, 0.1) is 6.61 Å². The molecule has 0 spiro atoms. The second-order valence-corrected chi connectivity index (χ2v) is 4.90. The van der Waals surface area contributed by atoms with Crippen molar-refractivity contribution < 1.29 is 9.53 Å². The van der Waals surface area contributed by atoms with Gasteiger partial charge < -0.3 is 9.30 Å². The van der Waals surface area contributed by atoms with Gasteiger partial charge >= 0.3 is 0 Å². The van der Waals surface area contributed by atoms with Crippen molar-refractivity contribution in [3.8, 4) is 0 Å². The van der Waals surface area contributed by atoms with E-state index in [9.17, 15) is 4.79 Å². The third kappa shape index (κ3) is 3.80. The molecule has 0 radical (unpaired) electrons. The molecule has 0 aliphatic heterocycles. The topological polar surface area (TPSA) is 31.2 Å². The molecule has 0 saturated heterocycles. The van der Waals surface area contributed by atoms with E-state index in [1.807, 2.05) is 67.2 Å². The predicted octanol–water partition coefficient (Wildman–Crippen LogP) is 3.50. The summed E-state index contributed by atoms with van der Waals surface area (Å²) in [6.07, 6.45) is 3.72. The van der Waals surface area contributed by atoms with Crippen LogP contribution in [0.5, 0.6) is 0 Å². The quantitative estimate of drug-likeness (QED) is 0.742. The van der Waals surface area contributed by atoms with E-state index in [2.05, 4.69) is 0 Å². The highest BCUT2D eigenvalue weighted by Gasteiger charge is 2.11. The Morgan fingerprint density at radius 2 is 1.95 bits per heavy atom. The second-order valence-electron chi connectivity index (χ2n) is 4.90. The molecule has 19 heavy (non-hydrogen) atoms. The van der Waals surface area contributed by atoms with Crippen LogP contribution in [0.2, 0.25) is 0 Å². The average molecular weight is 257 g/mol. The normalized spacial score (nSPS) is 10.9. The number of nitrogens with zero attached hydrogens (tertiary/aromatic N) is 1. The summed E-state index contributed by atoms with van der Waals surface area (Å²) in [5.74, 6) is 0.197. The van der Waals surface area contributed by atoms with Gasteiger partial charge in [-0.3, -0.25) is 4.79 Å². The van der Waals surface area contributed by atoms with Crippen LogP contribution >= 0.6 is 0 Å². The minimum absolute atomic E-state index is 0.0288. The van der Waals surface area contributed by atoms with Gasteiger partial charge in [0.25, 0.3) is 0 Å². The van der Waals surface area contributed by atoms with Crippen LogP contribution in [-0.2, 0) is 18.1 Å². The first kappa shape index (κ1) is 13.6. The molecule has 0 bridgehead atoms. The first-order chi connectivity index (χ1) is 9.16. The highest BCUT2D eigenvalue weighted by Crippen LogP contribution is 2.09. The summed E-state index contributed by atoms with van der Waals surface area (Å²) >= 11 is 0. The Labute approximate surface area is 113 Å². The summed E-state index contributed by atoms with van der Waals surface area (Å²) in [6, 6.07) is 11.9. The summed E-state index contributed by atoms with van der Waals surface area (Å²) in [7, 11) is 0. The van der Waals surface area contributed by atoms with Gasteiger partial charge in [-0.15, -0.1) is 0 Å². The lowest BCUT2D eigenvalue weighted by Crippen LogP contribution is -2.06. The number of carbonyl (C=O) groups excluding carboxylic acids is 1. The zero-order valence-electron chi connectivity index (χ0n) is 11.4. The fourth-order valence-corrected chi connectivity index (χ4v) is 1.84. The van der Waals surface area contributed by atoms with Crippen LogP contribution in [0.4, 0.5) is 0 Å². The van der Waals surface area contributed by atoms with E-state index in [0.717, 1.165) is 11.1 Å². The van der Waals surface area contributed by atoms with Crippen LogP contribution in [0.15, 0.2) is 48.8 Å². The molecule has 3 nitrogen and oxygen atoms in total. The van der Waals surface area contributed by atoms with Gasteiger partial charge in [-0.1, -0.05) is 44.2 Å². The van der Waals surface area contributed by atoms with Gasteiger partial charge in [-0.25, -0.2) is 0 Å². The Morgan fingerprint density at radius 3 is 2.63 bits per heavy atom. The zero-order chi connectivity index (χ0) is 13.7. The molecule has 0 amide bonds. The molecule has 0 saturated carbocycles. The summed E-state index contributed by atoms with van der Waals surface area (Å²) in [4.78, 5) is 11.8. The molecular weight excluding hydrogens is 238 g/mol. The van der Waals surface area contributed by atoms with Gasteiger partial charge in [0.1, 0.15) is 6.73 Å². The summed E-state index contributed by atoms with van der Waals surface area (Å²) in [5.41, 5.74) is 1.89. The Morgan fingerprint density at radius 1 is 1.21 bits per heavy atom. The van der Waals surface area contributed by atoms with Crippen molar-refractivity contribution in [3.63, 3.8) is 0 Å². The molecule has 0 aliphatic carbocycles. The number of benzene rings is 1. The number of ketones is 1. The smallest absolute Gasteiger partial charge is 0.166 e. The number of Topliss-reactive ketones (excluding diaryl/α,β-unsaturated/α-hetero) is 1. The van der Waals surface area contributed by atoms with Crippen LogP contribution in [0, 0.1) is 5.92 Å². The zero-order valence-corrected chi connectivity index (χ0v) is 11.4. The fourth-order valence-electron chi connectivity index (χ4n) is 1.84. The van der Waals surface area contributed by atoms with Gasteiger partial charge in [0, 0.05) is 23.9 Å². The maximum Gasteiger partial charge on any atom is 0.166 e. The lowest BCUT2D eigenvalue weighted by atomic mass is 10.0. The molecule has 0 unspecified atom stereocenters. The van der Waals surface area contributed by atoms with Crippen molar-refractivity contribution in [3.05, 3.63) is 59.9 Å². The number of rotatable bonds is 6. The van der Waals surface area contributed by atoms with E-state index in [1.54, 1.807) is 0 Å². The predicted molar refractivity (Wildman–Crippen MR) is 74.8 cm³/mol. The van der Waals surface area contributed by atoms with Crippen LogP contribution in [0.25, 0.3) is 0 Å². The molecule has 0 fully saturated rings. The lowest BCUT2D eigenvalue weighted by molar-refractivity contribution is 0.0641. The van der Waals surface area contributed by atoms with E-state index in [0.29, 0.717) is 13.3 Å². The molecule has 0 aliphatic rings. The Bertz CT molecular complexity index is 529. The molecule has 2 rings (SSSR count). The third-order valence-electron chi connectivity index (χ3n) is 2.91. The fraction of sp³-hybridized carbons (Fsp3) is 0.312. The van der Waals surface area contributed by atoms with Crippen LogP contribution < -0.4 is 0 Å². The van der Waals surface area contributed by atoms with Crippen LogP contribution in [0.1, 0.15) is 29.8 Å². The van der Waals surface area contributed by atoms with E-state index in [1.165, 1.54) is 0 Å². The Kier molecular flexibility index (Phi) is 4.53. The van der Waals surface area contributed by atoms with Crippen molar-refractivity contribution >= 4 is 5.78 Å². The molecule has 0 N–H and O–H groups in total. The standard InChI is InChI=1S/C16H19NO2/c1-13(2)16(18)15-8-9-17(10-15)12-19-11-14-6-4-3-5-7-14/h3-10,13H,11-12H2,1-2H3. The largest absolute Gasteiger partial charge is 0.356 e. The number of carbonyl (C=O) groups is 1. The molecule has 1 aromatic carbocycles. The number of aromatic nitrogens is 1. The third-order valence-corrected chi connectivity index (χ3v) is 2.91. The molecule has 2 aromatic rings. The molecular formula is C16H19NO2. The van der Waals surface area contributed by atoms with Gasteiger partial charge in [-0.05, 0) is 11.6 Å². The molecule has 1 heterocycles. The number of hydrogen-bond donors (Lipinski definition) is 0. The van der Waals surface area contributed by atoms with Crippen molar-refractivity contribution in [1.29, 1.82) is 0 Å². The number of hydrogen-bond acceptors (Lipinski definition) is 2. The Hall–Kier alpha value is -1.87. The van der Waals surface area contributed by atoms with E-state index < -0.39 is 0 Å². The van der Waals surface area contributed by atoms with Crippen molar-refractivity contribution in [1.82, 2.24) is 4.57 Å². The lowest BCUT2D eigenvalue weighted by Gasteiger charge is -2.05. The maximum atomic E-state index is 11.8. The van der Waals surface area contributed by atoms with Gasteiger partial charge in [-0.2, -0.15) is 0 Å². The van der Waals surface area contributed by atoms with Gasteiger partial charge in [0.15, 0.2) is 5.78 Å². The van der Waals surface area contributed by atoms with E-state index in [-0.39, 0.29) is 11.7 Å². The molecule has 3 heteroatoms. The summed E-state index contributed by atoms with van der Waals surface area (Å²) in [6.45, 7) is 4.85. The first-order valence-corrected chi connectivity index (χ1v) is 6.48. The monoisotopic (exact) mass is 257 g/mol. The van der Waals surface area contributed by atoms with Crippen molar-refractivity contribution in [2.24, 2.45) is 5.92 Å². The maximum absolute atomic E-state index is 11.8. The molecule has 100 valence electrons. The Balaban J connectivity index is 1.85. The van der Waals surface area contributed by atoms with E-state index in [4.69, 9.17) is 4.74 Å².